The highest BCUT2D eigenvalue weighted by atomic mass is 16.5. The van der Waals surface area contributed by atoms with Gasteiger partial charge in [-0.2, -0.15) is 0 Å². The molecule has 1 fully saturated rings. The Morgan fingerprint density at radius 1 is 0.917 bits per heavy atom. The summed E-state index contributed by atoms with van der Waals surface area (Å²) < 4.78 is 5.37. The second kappa shape index (κ2) is 6.37. The number of carbonyl (C=O) groups excluding carboxylic acids is 1. The third kappa shape index (κ3) is 2.63. The fraction of sp³-hybridized carbons (Fsp3) is 0.211. The van der Waals surface area contributed by atoms with Gasteiger partial charge >= 0.3 is 0 Å². The van der Waals surface area contributed by atoms with Crippen LogP contribution in [0.1, 0.15) is 10.4 Å². The van der Waals surface area contributed by atoms with Crippen molar-refractivity contribution in [2.75, 3.05) is 26.3 Å². The van der Waals surface area contributed by atoms with Crippen molar-refractivity contribution in [1.29, 1.82) is 0 Å². The highest BCUT2D eigenvalue weighted by Gasteiger charge is 2.25. The lowest BCUT2D eigenvalue weighted by atomic mass is 10.0. The SMILES string of the molecule is O=C(c1c(-c2ccccc2)nnc2ccccc12)N1CCOCC1. The minimum Gasteiger partial charge on any atom is -0.378 e. The van der Waals surface area contributed by atoms with Crippen LogP contribution in [-0.2, 0) is 4.74 Å². The fourth-order valence-electron chi connectivity index (χ4n) is 2.99. The molecule has 0 spiro atoms. The predicted octanol–water partition coefficient (Wildman–Crippen LogP) is 2.77. The summed E-state index contributed by atoms with van der Waals surface area (Å²) in [5, 5.41) is 9.50. The molecule has 2 aromatic carbocycles. The van der Waals surface area contributed by atoms with Gasteiger partial charge in [0.05, 0.1) is 24.3 Å². The Morgan fingerprint density at radius 2 is 1.62 bits per heavy atom. The molecule has 1 amide bonds. The Bertz CT molecular complexity index is 874. The van der Waals surface area contributed by atoms with E-state index in [9.17, 15) is 4.79 Å². The van der Waals surface area contributed by atoms with Gasteiger partial charge in [-0.1, -0.05) is 48.5 Å². The lowest BCUT2D eigenvalue weighted by molar-refractivity contribution is 0.0304. The molecule has 120 valence electrons. The Hall–Kier alpha value is -2.79. The minimum atomic E-state index is -0.0109. The average molecular weight is 319 g/mol. The van der Waals surface area contributed by atoms with Crippen molar-refractivity contribution < 1.29 is 9.53 Å². The third-order valence-corrected chi connectivity index (χ3v) is 4.23. The molecule has 0 bridgehead atoms. The molecule has 1 aromatic heterocycles. The van der Waals surface area contributed by atoms with Crippen molar-refractivity contribution in [1.82, 2.24) is 15.1 Å². The van der Waals surface area contributed by atoms with Gasteiger partial charge in [0.15, 0.2) is 0 Å². The lowest BCUT2D eigenvalue weighted by Crippen LogP contribution is -2.41. The number of morpholine rings is 1. The largest absolute Gasteiger partial charge is 0.378 e. The summed E-state index contributed by atoms with van der Waals surface area (Å²) in [7, 11) is 0. The van der Waals surface area contributed by atoms with Crippen LogP contribution in [0.3, 0.4) is 0 Å². The maximum Gasteiger partial charge on any atom is 0.256 e. The highest BCUT2D eigenvalue weighted by molar-refractivity contribution is 6.10. The molecule has 1 aliphatic heterocycles. The van der Waals surface area contributed by atoms with E-state index in [1.165, 1.54) is 0 Å². The summed E-state index contributed by atoms with van der Waals surface area (Å²) in [5.41, 5.74) is 2.88. The molecule has 1 aliphatic rings. The second-order valence-corrected chi connectivity index (χ2v) is 5.71. The van der Waals surface area contributed by atoms with Gasteiger partial charge in [-0.05, 0) is 6.07 Å². The zero-order chi connectivity index (χ0) is 16.4. The zero-order valence-corrected chi connectivity index (χ0v) is 13.2. The van der Waals surface area contributed by atoms with E-state index in [1.807, 2.05) is 59.5 Å². The molecular weight excluding hydrogens is 302 g/mol. The van der Waals surface area contributed by atoms with E-state index in [1.54, 1.807) is 0 Å². The van der Waals surface area contributed by atoms with Crippen molar-refractivity contribution >= 4 is 16.8 Å². The van der Waals surface area contributed by atoms with Crippen molar-refractivity contribution in [2.45, 2.75) is 0 Å². The molecule has 0 atom stereocenters. The van der Waals surface area contributed by atoms with Crippen LogP contribution in [-0.4, -0.2) is 47.3 Å². The van der Waals surface area contributed by atoms with Gasteiger partial charge in [0, 0.05) is 24.0 Å². The zero-order valence-electron chi connectivity index (χ0n) is 13.2. The van der Waals surface area contributed by atoms with Crippen molar-refractivity contribution in [3.8, 4) is 11.3 Å². The fourth-order valence-corrected chi connectivity index (χ4v) is 2.99. The van der Waals surface area contributed by atoms with Gasteiger partial charge in [0.25, 0.3) is 5.91 Å². The quantitative estimate of drug-likeness (QED) is 0.729. The van der Waals surface area contributed by atoms with Gasteiger partial charge in [-0.15, -0.1) is 10.2 Å². The van der Waals surface area contributed by atoms with Gasteiger partial charge in [-0.25, -0.2) is 0 Å². The minimum absolute atomic E-state index is 0.0109. The number of ether oxygens (including phenoxy) is 1. The van der Waals surface area contributed by atoms with E-state index in [0.29, 0.717) is 37.6 Å². The molecule has 5 nitrogen and oxygen atoms in total. The topological polar surface area (TPSA) is 55.3 Å². The van der Waals surface area contributed by atoms with Crippen LogP contribution in [0.15, 0.2) is 54.6 Å². The molecule has 2 heterocycles. The summed E-state index contributed by atoms with van der Waals surface area (Å²) >= 11 is 0. The first-order valence-electron chi connectivity index (χ1n) is 8.02. The van der Waals surface area contributed by atoms with E-state index in [0.717, 1.165) is 16.5 Å². The molecule has 1 saturated heterocycles. The third-order valence-electron chi connectivity index (χ3n) is 4.23. The number of amides is 1. The van der Waals surface area contributed by atoms with Gasteiger partial charge in [-0.3, -0.25) is 4.79 Å². The molecular formula is C19H17N3O2. The summed E-state index contributed by atoms with van der Waals surface area (Å²) in [6, 6.07) is 17.4. The summed E-state index contributed by atoms with van der Waals surface area (Å²) in [5.74, 6) is -0.0109. The normalized spacial score (nSPS) is 14.8. The number of benzene rings is 2. The van der Waals surface area contributed by atoms with E-state index < -0.39 is 0 Å². The molecule has 0 unspecified atom stereocenters. The van der Waals surface area contributed by atoms with Gasteiger partial charge < -0.3 is 9.64 Å². The van der Waals surface area contributed by atoms with Gasteiger partial charge in [0.2, 0.25) is 0 Å². The molecule has 0 saturated carbocycles. The number of aromatic nitrogens is 2. The number of rotatable bonds is 2. The van der Waals surface area contributed by atoms with Crippen molar-refractivity contribution in [3.63, 3.8) is 0 Å². The first kappa shape index (κ1) is 14.8. The standard InChI is InChI=1S/C19H17N3O2/c23-19(22-10-12-24-13-11-22)17-15-8-4-5-9-16(15)20-21-18(17)14-6-2-1-3-7-14/h1-9H,10-13H2. The number of carbonyl (C=O) groups is 1. The molecule has 5 heteroatoms. The maximum atomic E-state index is 13.2. The van der Waals surface area contributed by atoms with E-state index >= 15 is 0 Å². The van der Waals surface area contributed by atoms with Crippen LogP contribution in [0.4, 0.5) is 0 Å². The maximum absolute atomic E-state index is 13.2. The Morgan fingerprint density at radius 3 is 2.42 bits per heavy atom. The van der Waals surface area contributed by atoms with Crippen LogP contribution in [0.25, 0.3) is 22.2 Å². The number of fused-ring (bicyclic) bond motifs is 1. The van der Waals surface area contributed by atoms with E-state index in [-0.39, 0.29) is 5.91 Å². The Labute approximate surface area is 139 Å². The lowest BCUT2D eigenvalue weighted by Gasteiger charge is -2.27. The summed E-state index contributed by atoms with van der Waals surface area (Å²) in [6.07, 6.45) is 0. The Kier molecular flexibility index (Phi) is 3.92. The monoisotopic (exact) mass is 319 g/mol. The summed E-state index contributed by atoms with van der Waals surface area (Å²) in [6.45, 7) is 2.35. The second-order valence-electron chi connectivity index (χ2n) is 5.71. The average Bonchev–Trinajstić information content (AvgIpc) is 2.68. The molecule has 3 aromatic rings. The van der Waals surface area contributed by atoms with Crippen LogP contribution >= 0.6 is 0 Å². The highest BCUT2D eigenvalue weighted by Crippen LogP contribution is 2.28. The van der Waals surface area contributed by atoms with Crippen molar-refractivity contribution in [2.24, 2.45) is 0 Å². The van der Waals surface area contributed by atoms with Crippen LogP contribution < -0.4 is 0 Å². The molecule has 0 radical (unpaired) electrons. The van der Waals surface area contributed by atoms with Crippen molar-refractivity contribution in [3.05, 3.63) is 60.2 Å². The molecule has 0 N–H and O–H groups in total. The first-order chi connectivity index (χ1) is 11.8. The van der Waals surface area contributed by atoms with E-state index in [4.69, 9.17) is 4.74 Å². The summed E-state index contributed by atoms with van der Waals surface area (Å²) in [4.78, 5) is 15.0. The number of hydrogen-bond donors (Lipinski definition) is 0. The predicted molar refractivity (Wildman–Crippen MR) is 91.7 cm³/mol. The number of nitrogens with zero attached hydrogens (tertiary/aromatic N) is 3. The first-order valence-corrected chi connectivity index (χ1v) is 8.02. The number of hydrogen-bond acceptors (Lipinski definition) is 4. The Balaban J connectivity index is 1.91. The molecule has 4 rings (SSSR count). The smallest absolute Gasteiger partial charge is 0.256 e. The van der Waals surface area contributed by atoms with Crippen LogP contribution in [0.2, 0.25) is 0 Å². The van der Waals surface area contributed by atoms with Crippen LogP contribution in [0.5, 0.6) is 0 Å². The van der Waals surface area contributed by atoms with Crippen LogP contribution in [0, 0.1) is 0 Å². The molecule has 0 aliphatic carbocycles. The molecule has 24 heavy (non-hydrogen) atoms. The van der Waals surface area contributed by atoms with E-state index in [2.05, 4.69) is 10.2 Å². The van der Waals surface area contributed by atoms with Gasteiger partial charge in [0.1, 0.15) is 5.69 Å².